The maximum absolute atomic E-state index is 13.9. The number of hydrogen-bond donors (Lipinski definition) is 2. The van der Waals surface area contributed by atoms with Crippen molar-refractivity contribution in [3.63, 3.8) is 0 Å². The molecule has 0 bridgehead atoms. The van der Waals surface area contributed by atoms with Gasteiger partial charge in [0.1, 0.15) is 5.82 Å². The maximum atomic E-state index is 13.9. The van der Waals surface area contributed by atoms with Gasteiger partial charge < -0.3 is 0 Å². The molecule has 2 aromatic rings. The number of aryl methyl sites for hydroxylation is 1. The normalized spacial score (nSPS) is 12.7. The molecular weight excluding hydrogens is 337 g/mol. The third-order valence-electron chi connectivity index (χ3n) is 2.81. The minimum absolute atomic E-state index is 0.0930. The lowest BCUT2D eigenvalue weighted by molar-refractivity contribution is 0.493. The van der Waals surface area contributed by atoms with E-state index in [0.29, 0.717) is 16.6 Å². The number of benzene rings is 1. The number of nitrogens with one attached hydrogen (secondary N) is 1. The summed E-state index contributed by atoms with van der Waals surface area (Å²) in [7, 11) is 1.74. The first-order chi connectivity index (χ1) is 9.04. The van der Waals surface area contributed by atoms with Crippen LogP contribution in [0.15, 0.2) is 22.8 Å². The van der Waals surface area contributed by atoms with Crippen molar-refractivity contribution in [2.24, 2.45) is 12.9 Å². The topological polar surface area (TPSA) is 68.8 Å². The van der Waals surface area contributed by atoms with E-state index >= 15 is 0 Å². The van der Waals surface area contributed by atoms with Gasteiger partial charge in [-0.1, -0.05) is 28.9 Å². The number of aromatic nitrogens is 3. The van der Waals surface area contributed by atoms with E-state index in [2.05, 4.69) is 31.7 Å². The molecule has 0 aliphatic rings. The van der Waals surface area contributed by atoms with E-state index in [-0.39, 0.29) is 11.1 Å². The third kappa shape index (κ3) is 2.94. The molecule has 5 nitrogen and oxygen atoms in total. The molecule has 2 rings (SSSR count). The predicted octanol–water partition coefficient (Wildman–Crippen LogP) is 2.12. The molecule has 3 N–H and O–H groups in total. The highest BCUT2D eigenvalue weighted by Gasteiger charge is 2.21. The van der Waals surface area contributed by atoms with E-state index in [9.17, 15) is 4.39 Å². The largest absolute Gasteiger partial charge is 0.271 e. The summed E-state index contributed by atoms with van der Waals surface area (Å²) in [6.45, 7) is 0. The van der Waals surface area contributed by atoms with Crippen LogP contribution in [0.3, 0.4) is 0 Å². The summed E-state index contributed by atoms with van der Waals surface area (Å²) >= 11 is 9.06. The maximum Gasteiger partial charge on any atom is 0.153 e. The van der Waals surface area contributed by atoms with Crippen molar-refractivity contribution in [3.05, 3.63) is 44.9 Å². The first-order valence-electron chi connectivity index (χ1n) is 5.48. The van der Waals surface area contributed by atoms with Crippen molar-refractivity contribution >= 4 is 27.5 Å². The number of hydrazine groups is 1. The van der Waals surface area contributed by atoms with Crippen molar-refractivity contribution in [2.45, 2.75) is 12.5 Å². The summed E-state index contributed by atoms with van der Waals surface area (Å²) in [5.74, 6) is 5.11. The Morgan fingerprint density at radius 2 is 2.32 bits per heavy atom. The van der Waals surface area contributed by atoms with Gasteiger partial charge in [0, 0.05) is 7.05 Å². The van der Waals surface area contributed by atoms with Crippen LogP contribution in [0.4, 0.5) is 4.39 Å². The highest BCUT2D eigenvalue weighted by atomic mass is 79.9. The van der Waals surface area contributed by atoms with Crippen molar-refractivity contribution in [2.75, 3.05) is 0 Å². The quantitative estimate of drug-likeness (QED) is 0.656. The van der Waals surface area contributed by atoms with Crippen LogP contribution in [-0.4, -0.2) is 15.0 Å². The Morgan fingerprint density at radius 1 is 1.58 bits per heavy atom. The average molecular weight is 349 g/mol. The zero-order valence-corrected chi connectivity index (χ0v) is 12.4. The molecule has 0 spiro atoms. The highest BCUT2D eigenvalue weighted by molar-refractivity contribution is 9.10. The number of rotatable bonds is 4. The molecular formula is C11H12BrClFN5. The second-order valence-corrected chi connectivity index (χ2v) is 5.18. The van der Waals surface area contributed by atoms with Crippen LogP contribution in [0.5, 0.6) is 0 Å². The molecule has 0 saturated heterocycles. The number of halogens is 3. The van der Waals surface area contributed by atoms with Crippen LogP contribution in [0, 0.1) is 5.82 Å². The summed E-state index contributed by atoms with van der Waals surface area (Å²) in [4.78, 5) is 0. The smallest absolute Gasteiger partial charge is 0.153 e. The first kappa shape index (κ1) is 14.4. The van der Waals surface area contributed by atoms with Gasteiger partial charge in [0.25, 0.3) is 0 Å². The molecule has 8 heteroatoms. The summed E-state index contributed by atoms with van der Waals surface area (Å²) < 4.78 is 16.0. The van der Waals surface area contributed by atoms with Crippen molar-refractivity contribution in [1.82, 2.24) is 20.4 Å². The lowest BCUT2D eigenvalue weighted by Gasteiger charge is -2.16. The summed E-state index contributed by atoms with van der Waals surface area (Å²) in [6, 6.07) is 4.54. The van der Waals surface area contributed by atoms with Gasteiger partial charge in [0.15, 0.2) is 4.60 Å². The van der Waals surface area contributed by atoms with Crippen molar-refractivity contribution in [3.8, 4) is 0 Å². The first-order valence-corrected chi connectivity index (χ1v) is 6.65. The molecule has 0 fully saturated rings. The van der Waals surface area contributed by atoms with Crippen LogP contribution in [0.25, 0.3) is 0 Å². The van der Waals surface area contributed by atoms with Crippen LogP contribution in [0.2, 0.25) is 5.02 Å². The number of nitrogens with two attached hydrogens (primary N) is 1. The molecule has 1 aromatic carbocycles. The van der Waals surface area contributed by atoms with Gasteiger partial charge >= 0.3 is 0 Å². The van der Waals surface area contributed by atoms with E-state index in [1.54, 1.807) is 23.9 Å². The standard InChI is InChI=1S/C11H12BrClFN5/c1-19-10(11(12)17-18-19)8(16-15)5-6-3-2-4-7(13)9(6)14/h2-4,8,16H,5,15H2,1H3. The molecule has 1 unspecified atom stereocenters. The lowest BCUT2D eigenvalue weighted by atomic mass is 10.0. The van der Waals surface area contributed by atoms with Gasteiger partial charge in [-0.15, -0.1) is 5.10 Å². The fourth-order valence-corrected chi connectivity index (χ4v) is 2.67. The number of nitrogens with zero attached hydrogens (tertiary/aromatic N) is 3. The molecule has 0 saturated carbocycles. The zero-order valence-electron chi connectivity index (χ0n) is 10.1. The fraction of sp³-hybridized carbons (Fsp3) is 0.273. The number of hydrogen-bond acceptors (Lipinski definition) is 4. The predicted molar refractivity (Wildman–Crippen MR) is 73.9 cm³/mol. The second kappa shape index (κ2) is 5.96. The molecule has 1 atom stereocenters. The summed E-state index contributed by atoms with van der Waals surface area (Å²) in [5, 5.41) is 7.84. The second-order valence-electron chi connectivity index (χ2n) is 4.03. The Morgan fingerprint density at radius 3 is 2.89 bits per heavy atom. The van der Waals surface area contributed by atoms with Crippen LogP contribution in [0.1, 0.15) is 17.3 Å². The van der Waals surface area contributed by atoms with Gasteiger partial charge in [-0.2, -0.15) is 0 Å². The van der Waals surface area contributed by atoms with Gasteiger partial charge in [0.2, 0.25) is 0 Å². The molecule has 0 radical (unpaired) electrons. The summed E-state index contributed by atoms with van der Waals surface area (Å²) in [6.07, 6.45) is 0.336. The average Bonchev–Trinajstić information content (AvgIpc) is 2.72. The molecule has 1 aromatic heterocycles. The van der Waals surface area contributed by atoms with Gasteiger partial charge in [0.05, 0.1) is 16.8 Å². The van der Waals surface area contributed by atoms with E-state index in [1.807, 2.05) is 0 Å². The lowest BCUT2D eigenvalue weighted by Crippen LogP contribution is -2.31. The molecule has 1 heterocycles. The Bertz CT molecular complexity index is 569. The fourth-order valence-electron chi connectivity index (χ4n) is 1.87. The van der Waals surface area contributed by atoms with Gasteiger partial charge in [-0.25, -0.2) is 9.07 Å². The van der Waals surface area contributed by atoms with Gasteiger partial charge in [-0.3, -0.25) is 11.3 Å². The SMILES string of the molecule is Cn1nnc(Br)c1C(Cc1cccc(Cl)c1F)NN. The Hall–Kier alpha value is -1.02. The highest BCUT2D eigenvalue weighted by Crippen LogP contribution is 2.26. The zero-order chi connectivity index (χ0) is 14.0. The minimum atomic E-state index is -0.435. The van der Waals surface area contributed by atoms with E-state index in [4.69, 9.17) is 17.4 Å². The molecule has 102 valence electrons. The van der Waals surface area contributed by atoms with E-state index < -0.39 is 5.82 Å². The molecule has 19 heavy (non-hydrogen) atoms. The molecule has 0 aliphatic heterocycles. The monoisotopic (exact) mass is 347 g/mol. The van der Waals surface area contributed by atoms with E-state index in [1.165, 1.54) is 6.07 Å². The van der Waals surface area contributed by atoms with Crippen molar-refractivity contribution in [1.29, 1.82) is 0 Å². The van der Waals surface area contributed by atoms with Crippen LogP contribution < -0.4 is 11.3 Å². The molecule has 0 aliphatic carbocycles. The van der Waals surface area contributed by atoms with Crippen molar-refractivity contribution < 1.29 is 4.39 Å². The van der Waals surface area contributed by atoms with Crippen LogP contribution in [-0.2, 0) is 13.5 Å². The molecule has 0 amide bonds. The van der Waals surface area contributed by atoms with E-state index in [0.717, 1.165) is 5.69 Å². The Labute approximate surface area is 123 Å². The van der Waals surface area contributed by atoms with Crippen LogP contribution >= 0.6 is 27.5 Å². The Kier molecular flexibility index (Phi) is 4.51. The Balaban J connectivity index is 2.32. The minimum Gasteiger partial charge on any atom is -0.271 e. The summed E-state index contributed by atoms with van der Waals surface area (Å²) in [5.41, 5.74) is 3.85. The van der Waals surface area contributed by atoms with Gasteiger partial charge in [-0.05, 0) is 34.0 Å². The third-order valence-corrected chi connectivity index (χ3v) is 3.67.